The van der Waals surface area contributed by atoms with E-state index in [1.165, 1.54) is 12.1 Å². The number of ether oxygens (including phenoxy) is 1. The van der Waals surface area contributed by atoms with Gasteiger partial charge < -0.3 is 10.5 Å². The van der Waals surface area contributed by atoms with Gasteiger partial charge in [0.2, 0.25) is 0 Å². The molecule has 0 fully saturated rings. The molecule has 0 heterocycles. The van der Waals surface area contributed by atoms with Crippen molar-refractivity contribution >= 4 is 0 Å². The molecule has 1 aromatic rings. The Balaban J connectivity index is 2.84. The molecule has 0 aliphatic carbocycles. The number of rotatable bonds is 5. The quantitative estimate of drug-likeness (QED) is 0.778. The van der Waals surface area contributed by atoms with Crippen molar-refractivity contribution in [3.05, 3.63) is 41.7 Å². The van der Waals surface area contributed by atoms with Crippen molar-refractivity contribution in [2.75, 3.05) is 6.61 Å². The Bertz CT molecular complexity index is 374. The van der Waals surface area contributed by atoms with E-state index in [1.807, 2.05) is 13.8 Å². The van der Waals surface area contributed by atoms with Crippen LogP contribution >= 0.6 is 0 Å². The molecule has 0 aliphatic heterocycles. The van der Waals surface area contributed by atoms with Gasteiger partial charge in [0.05, 0.1) is 0 Å². The molecule has 16 heavy (non-hydrogen) atoms. The minimum absolute atomic E-state index is 0.175. The number of halogens is 1. The molecular weight excluding hydrogens is 205 g/mol. The average molecular weight is 223 g/mol. The molecule has 0 aliphatic rings. The van der Waals surface area contributed by atoms with Gasteiger partial charge in [0.25, 0.3) is 0 Å². The third-order valence-corrected chi connectivity index (χ3v) is 2.40. The normalized spacial score (nSPS) is 12.2. The summed E-state index contributed by atoms with van der Waals surface area (Å²) >= 11 is 0. The predicted molar refractivity (Wildman–Crippen MR) is 63.9 cm³/mol. The molecule has 1 aromatic carbocycles. The largest absolute Gasteiger partial charge is 0.489 e. The predicted octanol–water partition coefficient (Wildman–Crippen LogP) is 3.19. The lowest BCUT2D eigenvalue weighted by molar-refractivity contribution is 0.341. The van der Waals surface area contributed by atoms with Crippen LogP contribution in [0, 0.1) is 5.82 Å². The van der Waals surface area contributed by atoms with Crippen LogP contribution in [0.1, 0.15) is 31.9 Å². The van der Waals surface area contributed by atoms with E-state index in [0.717, 1.165) is 17.6 Å². The highest BCUT2D eigenvalue weighted by Gasteiger charge is 2.09. The molecule has 88 valence electrons. The van der Waals surface area contributed by atoms with Crippen molar-refractivity contribution in [2.24, 2.45) is 5.73 Å². The molecule has 0 unspecified atom stereocenters. The standard InChI is InChI=1S/C13H18FNO/c1-4-9(2)8-16-13-7-11(14)5-6-12(13)10(3)15/h5-7,10H,2,4,8,15H2,1,3H3/t10-/m0/s1. The van der Waals surface area contributed by atoms with E-state index in [-0.39, 0.29) is 11.9 Å². The second kappa shape index (κ2) is 5.66. The lowest BCUT2D eigenvalue weighted by atomic mass is 10.1. The molecule has 1 rings (SSSR count). The number of benzene rings is 1. The zero-order valence-corrected chi connectivity index (χ0v) is 9.79. The van der Waals surface area contributed by atoms with Crippen LogP contribution in [-0.2, 0) is 0 Å². The van der Waals surface area contributed by atoms with Gasteiger partial charge in [0.1, 0.15) is 18.2 Å². The van der Waals surface area contributed by atoms with Gasteiger partial charge in [-0.05, 0) is 25.0 Å². The highest BCUT2D eigenvalue weighted by Crippen LogP contribution is 2.25. The lowest BCUT2D eigenvalue weighted by Gasteiger charge is -2.14. The lowest BCUT2D eigenvalue weighted by Crippen LogP contribution is -2.09. The first-order valence-electron chi connectivity index (χ1n) is 5.39. The van der Waals surface area contributed by atoms with Crippen molar-refractivity contribution in [3.8, 4) is 5.75 Å². The van der Waals surface area contributed by atoms with Crippen LogP contribution in [0.15, 0.2) is 30.4 Å². The Morgan fingerprint density at radius 1 is 1.56 bits per heavy atom. The number of hydrogen-bond donors (Lipinski definition) is 1. The molecule has 0 amide bonds. The Morgan fingerprint density at radius 3 is 2.81 bits per heavy atom. The van der Waals surface area contributed by atoms with Gasteiger partial charge in [0, 0.05) is 17.7 Å². The molecule has 2 nitrogen and oxygen atoms in total. The second-order valence-corrected chi connectivity index (χ2v) is 3.86. The van der Waals surface area contributed by atoms with E-state index in [2.05, 4.69) is 6.58 Å². The summed E-state index contributed by atoms with van der Waals surface area (Å²) in [5.74, 6) is 0.186. The van der Waals surface area contributed by atoms with E-state index in [9.17, 15) is 4.39 Å². The molecule has 0 bridgehead atoms. The average Bonchev–Trinajstić information content (AvgIpc) is 2.25. The molecular formula is C13H18FNO. The van der Waals surface area contributed by atoms with Gasteiger partial charge in [-0.2, -0.15) is 0 Å². The zero-order chi connectivity index (χ0) is 12.1. The van der Waals surface area contributed by atoms with E-state index < -0.39 is 0 Å². The van der Waals surface area contributed by atoms with Gasteiger partial charge >= 0.3 is 0 Å². The Morgan fingerprint density at radius 2 is 2.25 bits per heavy atom. The van der Waals surface area contributed by atoms with Gasteiger partial charge in [-0.1, -0.05) is 19.6 Å². The third-order valence-electron chi connectivity index (χ3n) is 2.40. The van der Waals surface area contributed by atoms with Crippen molar-refractivity contribution in [1.82, 2.24) is 0 Å². The van der Waals surface area contributed by atoms with Crippen LogP contribution in [0.2, 0.25) is 0 Å². The van der Waals surface area contributed by atoms with Crippen LogP contribution < -0.4 is 10.5 Å². The minimum Gasteiger partial charge on any atom is -0.489 e. The summed E-state index contributed by atoms with van der Waals surface area (Å²) in [6.45, 7) is 8.08. The van der Waals surface area contributed by atoms with Crippen molar-refractivity contribution in [2.45, 2.75) is 26.3 Å². The Hall–Kier alpha value is -1.35. The number of nitrogens with two attached hydrogens (primary N) is 1. The van der Waals surface area contributed by atoms with Crippen molar-refractivity contribution in [1.29, 1.82) is 0 Å². The fraction of sp³-hybridized carbons (Fsp3) is 0.385. The van der Waals surface area contributed by atoms with Crippen LogP contribution in [-0.4, -0.2) is 6.61 Å². The molecule has 2 N–H and O–H groups in total. The summed E-state index contributed by atoms with van der Waals surface area (Å²) in [5, 5.41) is 0. The van der Waals surface area contributed by atoms with Crippen LogP contribution in [0.4, 0.5) is 4.39 Å². The summed E-state index contributed by atoms with van der Waals surface area (Å²) in [7, 11) is 0. The summed E-state index contributed by atoms with van der Waals surface area (Å²) in [6.07, 6.45) is 0.850. The van der Waals surface area contributed by atoms with Gasteiger partial charge in [-0.3, -0.25) is 0 Å². The number of hydrogen-bond acceptors (Lipinski definition) is 2. The zero-order valence-electron chi connectivity index (χ0n) is 9.79. The molecule has 3 heteroatoms. The Kier molecular flexibility index (Phi) is 4.50. The SMILES string of the molecule is C=C(CC)COc1cc(F)ccc1[C@H](C)N. The van der Waals surface area contributed by atoms with Crippen molar-refractivity contribution < 1.29 is 9.13 Å². The molecule has 0 saturated heterocycles. The summed E-state index contributed by atoms with van der Waals surface area (Å²) < 4.78 is 18.6. The van der Waals surface area contributed by atoms with Gasteiger partial charge in [-0.25, -0.2) is 4.39 Å². The van der Waals surface area contributed by atoms with E-state index in [0.29, 0.717) is 12.4 Å². The highest BCUT2D eigenvalue weighted by atomic mass is 19.1. The fourth-order valence-corrected chi connectivity index (χ4v) is 1.29. The smallest absolute Gasteiger partial charge is 0.127 e. The summed E-state index contributed by atoms with van der Waals surface area (Å²) in [4.78, 5) is 0. The molecule has 0 saturated carbocycles. The third kappa shape index (κ3) is 3.35. The van der Waals surface area contributed by atoms with Crippen molar-refractivity contribution in [3.63, 3.8) is 0 Å². The Labute approximate surface area is 95.9 Å². The summed E-state index contributed by atoms with van der Waals surface area (Å²) in [6, 6.07) is 4.23. The maximum Gasteiger partial charge on any atom is 0.127 e. The molecule has 1 atom stereocenters. The fourth-order valence-electron chi connectivity index (χ4n) is 1.29. The monoisotopic (exact) mass is 223 g/mol. The van der Waals surface area contributed by atoms with E-state index in [4.69, 9.17) is 10.5 Å². The van der Waals surface area contributed by atoms with Gasteiger partial charge in [-0.15, -0.1) is 0 Å². The first-order chi connectivity index (χ1) is 7.54. The van der Waals surface area contributed by atoms with Crippen LogP contribution in [0.5, 0.6) is 5.75 Å². The van der Waals surface area contributed by atoms with Gasteiger partial charge in [0.15, 0.2) is 0 Å². The first-order valence-corrected chi connectivity index (χ1v) is 5.39. The van der Waals surface area contributed by atoms with E-state index in [1.54, 1.807) is 6.07 Å². The second-order valence-electron chi connectivity index (χ2n) is 3.86. The molecule has 0 aromatic heterocycles. The molecule has 0 spiro atoms. The van der Waals surface area contributed by atoms with E-state index >= 15 is 0 Å². The first kappa shape index (κ1) is 12.7. The van der Waals surface area contributed by atoms with Crippen LogP contribution in [0.3, 0.4) is 0 Å². The highest BCUT2D eigenvalue weighted by molar-refractivity contribution is 5.36. The molecule has 0 radical (unpaired) electrons. The minimum atomic E-state index is -0.318. The van der Waals surface area contributed by atoms with Crippen LogP contribution in [0.25, 0.3) is 0 Å². The maximum absolute atomic E-state index is 13.1. The topological polar surface area (TPSA) is 35.2 Å². The maximum atomic E-state index is 13.1. The summed E-state index contributed by atoms with van der Waals surface area (Å²) in [5.41, 5.74) is 7.56.